The van der Waals surface area contributed by atoms with Crippen LogP contribution >= 0.6 is 27.7 Å². The molecule has 0 radical (unpaired) electrons. The third-order valence-electron chi connectivity index (χ3n) is 2.64. The standard InChI is InChI=1S/C13H18BrFOS/c1-3-9(2)17-8-11(16)7-10-5-4-6-12(15)13(10)14/h4-6,9,11,16H,3,7-8H2,1-2H3. The third-order valence-corrected chi connectivity index (χ3v) is 5.00. The van der Waals surface area contributed by atoms with Crippen molar-refractivity contribution in [1.29, 1.82) is 0 Å². The van der Waals surface area contributed by atoms with Crippen LogP contribution in [-0.4, -0.2) is 22.2 Å². The molecule has 0 fully saturated rings. The summed E-state index contributed by atoms with van der Waals surface area (Å²) in [5.74, 6) is 0.419. The molecule has 0 aliphatic rings. The van der Waals surface area contributed by atoms with Gasteiger partial charge in [-0.25, -0.2) is 4.39 Å². The fraction of sp³-hybridized carbons (Fsp3) is 0.538. The molecule has 0 saturated carbocycles. The SMILES string of the molecule is CCC(C)SCC(O)Cc1cccc(F)c1Br. The summed E-state index contributed by atoms with van der Waals surface area (Å²) >= 11 is 4.96. The molecule has 0 aliphatic heterocycles. The van der Waals surface area contributed by atoms with Crippen LogP contribution in [0.25, 0.3) is 0 Å². The first-order valence-electron chi connectivity index (χ1n) is 5.77. The number of aliphatic hydroxyl groups is 1. The molecule has 1 N–H and O–H groups in total. The molecule has 1 aromatic carbocycles. The maximum atomic E-state index is 13.3. The second-order valence-electron chi connectivity index (χ2n) is 4.12. The van der Waals surface area contributed by atoms with Crippen molar-refractivity contribution >= 4 is 27.7 Å². The van der Waals surface area contributed by atoms with Gasteiger partial charge in [-0.3, -0.25) is 0 Å². The van der Waals surface area contributed by atoms with Gasteiger partial charge < -0.3 is 5.11 Å². The smallest absolute Gasteiger partial charge is 0.137 e. The van der Waals surface area contributed by atoms with Crippen molar-refractivity contribution in [1.82, 2.24) is 0 Å². The minimum absolute atomic E-state index is 0.274. The molecule has 0 heterocycles. The summed E-state index contributed by atoms with van der Waals surface area (Å²) in [6.07, 6.45) is 1.16. The number of thioether (sulfide) groups is 1. The van der Waals surface area contributed by atoms with Crippen molar-refractivity contribution in [2.24, 2.45) is 0 Å². The Labute approximate surface area is 115 Å². The number of halogens is 2. The van der Waals surface area contributed by atoms with Crippen LogP contribution in [0, 0.1) is 5.82 Å². The highest BCUT2D eigenvalue weighted by Gasteiger charge is 2.12. The fourth-order valence-electron chi connectivity index (χ4n) is 1.41. The Morgan fingerprint density at radius 3 is 2.82 bits per heavy atom. The molecular formula is C13H18BrFOS. The number of aliphatic hydroxyl groups excluding tert-OH is 1. The van der Waals surface area contributed by atoms with Crippen LogP contribution in [0.3, 0.4) is 0 Å². The van der Waals surface area contributed by atoms with Gasteiger partial charge in [0.05, 0.1) is 10.6 Å². The highest BCUT2D eigenvalue weighted by Crippen LogP contribution is 2.23. The van der Waals surface area contributed by atoms with Gasteiger partial charge >= 0.3 is 0 Å². The lowest BCUT2D eigenvalue weighted by Crippen LogP contribution is -2.15. The Hall–Kier alpha value is -0.0600. The summed E-state index contributed by atoms with van der Waals surface area (Å²) < 4.78 is 13.7. The molecule has 17 heavy (non-hydrogen) atoms. The topological polar surface area (TPSA) is 20.2 Å². The third kappa shape index (κ3) is 4.98. The molecule has 0 spiro atoms. The maximum Gasteiger partial charge on any atom is 0.137 e. The molecule has 0 aliphatic carbocycles. The summed E-state index contributed by atoms with van der Waals surface area (Å²) in [5.41, 5.74) is 0.822. The monoisotopic (exact) mass is 320 g/mol. The van der Waals surface area contributed by atoms with Gasteiger partial charge in [-0.2, -0.15) is 11.8 Å². The van der Waals surface area contributed by atoms with Crippen molar-refractivity contribution in [3.63, 3.8) is 0 Å². The van der Waals surface area contributed by atoms with E-state index >= 15 is 0 Å². The Kier molecular flexibility index (Phi) is 6.52. The Balaban J connectivity index is 2.50. The van der Waals surface area contributed by atoms with E-state index in [2.05, 4.69) is 29.8 Å². The van der Waals surface area contributed by atoms with Crippen molar-refractivity contribution in [2.45, 2.75) is 38.0 Å². The van der Waals surface area contributed by atoms with Crippen molar-refractivity contribution in [2.75, 3.05) is 5.75 Å². The summed E-state index contributed by atoms with van der Waals surface area (Å²) in [5, 5.41) is 10.5. The van der Waals surface area contributed by atoms with Gasteiger partial charge in [-0.1, -0.05) is 26.0 Å². The van der Waals surface area contributed by atoms with Gasteiger partial charge in [-0.05, 0) is 34.0 Å². The zero-order valence-electron chi connectivity index (χ0n) is 10.1. The zero-order chi connectivity index (χ0) is 12.8. The van der Waals surface area contributed by atoms with Crippen LogP contribution in [0.4, 0.5) is 4.39 Å². The lowest BCUT2D eigenvalue weighted by Gasteiger charge is -2.14. The lowest BCUT2D eigenvalue weighted by atomic mass is 10.1. The van der Waals surface area contributed by atoms with Crippen LogP contribution in [0.5, 0.6) is 0 Å². The molecule has 1 aromatic rings. The predicted octanol–water partition coefficient (Wildman–Crippen LogP) is 4.02. The summed E-state index contributed by atoms with van der Waals surface area (Å²) in [7, 11) is 0. The zero-order valence-corrected chi connectivity index (χ0v) is 12.5. The largest absolute Gasteiger partial charge is 0.392 e. The van der Waals surface area contributed by atoms with Gasteiger partial charge in [0.2, 0.25) is 0 Å². The minimum atomic E-state index is -0.424. The summed E-state index contributed by atoms with van der Waals surface area (Å²) in [6.45, 7) is 4.28. The van der Waals surface area contributed by atoms with E-state index < -0.39 is 6.10 Å². The van der Waals surface area contributed by atoms with Gasteiger partial charge in [0.25, 0.3) is 0 Å². The van der Waals surface area contributed by atoms with E-state index in [1.54, 1.807) is 17.8 Å². The summed E-state index contributed by atoms with van der Waals surface area (Å²) in [4.78, 5) is 0. The van der Waals surface area contributed by atoms with E-state index in [9.17, 15) is 9.50 Å². The van der Waals surface area contributed by atoms with Crippen LogP contribution in [0.1, 0.15) is 25.8 Å². The van der Waals surface area contributed by atoms with Gasteiger partial charge in [-0.15, -0.1) is 0 Å². The number of rotatable bonds is 6. The average Bonchev–Trinajstić information content (AvgIpc) is 2.32. The van der Waals surface area contributed by atoms with Gasteiger partial charge in [0, 0.05) is 17.4 Å². The first kappa shape index (κ1) is 15.0. The van der Waals surface area contributed by atoms with E-state index in [-0.39, 0.29) is 5.82 Å². The number of hydrogen-bond acceptors (Lipinski definition) is 2. The van der Waals surface area contributed by atoms with Crippen molar-refractivity contribution in [3.8, 4) is 0 Å². The average molecular weight is 321 g/mol. The highest BCUT2D eigenvalue weighted by atomic mass is 79.9. The molecule has 0 bridgehead atoms. The molecule has 0 amide bonds. The highest BCUT2D eigenvalue weighted by molar-refractivity contribution is 9.10. The molecule has 0 aromatic heterocycles. The molecule has 2 atom stereocenters. The summed E-state index contributed by atoms with van der Waals surface area (Å²) in [6, 6.07) is 4.92. The van der Waals surface area contributed by atoms with Crippen LogP contribution in [0.15, 0.2) is 22.7 Å². The molecule has 1 nitrogen and oxygen atoms in total. The fourth-order valence-corrected chi connectivity index (χ4v) is 2.74. The van der Waals surface area contributed by atoms with E-state index in [1.807, 2.05) is 6.07 Å². The van der Waals surface area contributed by atoms with Crippen LogP contribution in [-0.2, 0) is 6.42 Å². The second-order valence-corrected chi connectivity index (χ2v) is 6.39. The van der Waals surface area contributed by atoms with E-state index in [0.29, 0.717) is 21.9 Å². The molecule has 0 saturated heterocycles. The molecule has 2 unspecified atom stereocenters. The number of hydrogen-bond donors (Lipinski definition) is 1. The van der Waals surface area contributed by atoms with Crippen LogP contribution < -0.4 is 0 Å². The molecule has 96 valence electrons. The van der Waals surface area contributed by atoms with Gasteiger partial charge in [0.15, 0.2) is 0 Å². The minimum Gasteiger partial charge on any atom is -0.392 e. The predicted molar refractivity (Wildman–Crippen MR) is 76.0 cm³/mol. The van der Waals surface area contributed by atoms with E-state index in [1.165, 1.54) is 6.07 Å². The second kappa shape index (κ2) is 7.39. The van der Waals surface area contributed by atoms with E-state index in [0.717, 1.165) is 12.0 Å². The first-order valence-corrected chi connectivity index (χ1v) is 7.61. The maximum absolute atomic E-state index is 13.3. The Bertz CT molecular complexity index is 359. The quantitative estimate of drug-likeness (QED) is 0.854. The van der Waals surface area contributed by atoms with Crippen molar-refractivity contribution < 1.29 is 9.50 Å². The normalized spacial score (nSPS) is 14.6. The molecule has 4 heteroatoms. The van der Waals surface area contributed by atoms with Crippen LogP contribution in [0.2, 0.25) is 0 Å². The number of benzene rings is 1. The Morgan fingerprint density at radius 2 is 2.18 bits per heavy atom. The molecule has 1 rings (SSSR count). The van der Waals surface area contributed by atoms with Gasteiger partial charge in [0.1, 0.15) is 5.82 Å². The molecular weight excluding hydrogens is 303 g/mol. The lowest BCUT2D eigenvalue weighted by molar-refractivity contribution is 0.199. The first-order chi connectivity index (χ1) is 8.04. The van der Waals surface area contributed by atoms with E-state index in [4.69, 9.17) is 0 Å². The van der Waals surface area contributed by atoms with Crippen molar-refractivity contribution in [3.05, 3.63) is 34.1 Å². The Morgan fingerprint density at radius 1 is 1.47 bits per heavy atom.